The first-order chi connectivity index (χ1) is 6.86. The van der Waals surface area contributed by atoms with Gasteiger partial charge in [0.05, 0.1) is 11.9 Å². The molecule has 0 saturated heterocycles. The number of nitrogens with zero attached hydrogens (tertiary/aromatic N) is 1. The van der Waals surface area contributed by atoms with Gasteiger partial charge < -0.3 is 10.3 Å². The molecule has 14 heavy (non-hydrogen) atoms. The smallest absolute Gasteiger partial charge is 0.0965 e. The summed E-state index contributed by atoms with van der Waals surface area (Å²) in [5, 5.41) is 4.54. The van der Waals surface area contributed by atoms with Gasteiger partial charge in [0.2, 0.25) is 0 Å². The van der Waals surface area contributed by atoms with Crippen LogP contribution in [-0.2, 0) is 6.54 Å². The third kappa shape index (κ3) is 0.997. The summed E-state index contributed by atoms with van der Waals surface area (Å²) in [5.41, 5.74) is 8.46. The maximum absolute atomic E-state index is 5.98. The van der Waals surface area contributed by atoms with E-state index in [4.69, 9.17) is 5.73 Å². The molecule has 2 aromatic rings. The molecular formula is C11H13N3. The van der Waals surface area contributed by atoms with Crippen LogP contribution in [0.4, 0.5) is 0 Å². The molecule has 0 radical (unpaired) electrons. The number of nitrogens with one attached hydrogen (secondary N) is 1. The molecule has 0 spiro atoms. The number of fused-ring (bicyclic) bond motifs is 3. The number of rotatable bonds is 0. The Bertz CT molecular complexity index is 472. The van der Waals surface area contributed by atoms with Crippen LogP contribution in [0.5, 0.6) is 0 Å². The molecule has 2 heterocycles. The normalized spacial score (nSPS) is 21.1. The highest BCUT2D eigenvalue weighted by Gasteiger charge is 2.17. The summed E-state index contributed by atoms with van der Waals surface area (Å²) in [7, 11) is 0. The van der Waals surface area contributed by atoms with Gasteiger partial charge in [0.1, 0.15) is 0 Å². The molecule has 1 unspecified atom stereocenters. The van der Waals surface area contributed by atoms with E-state index < -0.39 is 0 Å². The zero-order chi connectivity index (χ0) is 9.54. The quantitative estimate of drug-likeness (QED) is 0.651. The molecule has 0 bridgehead atoms. The first-order valence-electron chi connectivity index (χ1n) is 4.93. The summed E-state index contributed by atoms with van der Waals surface area (Å²) in [6.07, 6.45) is -0.0175. The van der Waals surface area contributed by atoms with Crippen molar-refractivity contribution in [2.75, 3.05) is 6.54 Å². The van der Waals surface area contributed by atoms with Crippen molar-refractivity contribution < 1.29 is 0 Å². The lowest BCUT2D eigenvalue weighted by molar-refractivity contribution is 0.441. The molecule has 1 aromatic heterocycles. The van der Waals surface area contributed by atoms with Gasteiger partial charge in [-0.15, -0.1) is 0 Å². The summed E-state index contributed by atoms with van der Waals surface area (Å²) in [6.45, 7) is 1.96. The van der Waals surface area contributed by atoms with Crippen molar-refractivity contribution in [1.82, 2.24) is 9.88 Å². The van der Waals surface area contributed by atoms with Crippen LogP contribution in [0, 0.1) is 0 Å². The Morgan fingerprint density at radius 1 is 1.36 bits per heavy atom. The molecule has 1 atom stereocenters. The van der Waals surface area contributed by atoms with Gasteiger partial charge in [-0.3, -0.25) is 5.32 Å². The predicted octanol–water partition coefficient (Wildman–Crippen LogP) is 1.20. The average Bonchev–Trinajstić information content (AvgIpc) is 2.59. The van der Waals surface area contributed by atoms with Crippen LogP contribution in [-0.4, -0.2) is 11.1 Å². The van der Waals surface area contributed by atoms with Gasteiger partial charge in [0.25, 0.3) is 0 Å². The molecule has 1 aromatic carbocycles. The lowest BCUT2D eigenvalue weighted by Crippen LogP contribution is -2.37. The van der Waals surface area contributed by atoms with Gasteiger partial charge in [0.15, 0.2) is 0 Å². The van der Waals surface area contributed by atoms with E-state index in [-0.39, 0.29) is 6.17 Å². The molecule has 0 amide bonds. The van der Waals surface area contributed by atoms with Crippen molar-refractivity contribution in [2.24, 2.45) is 5.73 Å². The summed E-state index contributed by atoms with van der Waals surface area (Å²) >= 11 is 0. The van der Waals surface area contributed by atoms with Gasteiger partial charge in [0, 0.05) is 18.6 Å². The van der Waals surface area contributed by atoms with Gasteiger partial charge in [-0.2, -0.15) is 0 Å². The Balaban J connectivity index is 2.32. The molecule has 72 valence electrons. The van der Waals surface area contributed by atoms with Crippen LogP contribution in [0.25, 0.3) is 10.9 Å². The Hall–Kier alpha value is -1.32. The highest BCUT2D eigenvalue weighted by atomic mass is 15.2. The molecule has 3 rings (SSSR count). The van der Waals surface area contributed by atoms with Crippen molar-refractivity contribution in [3.8, 4) is 0 Å². The van der Waals surface area contributed by atoms with E-state index in [1.54, 1.807) is 0 Å². The number of nitrogens with two attached hydrogens (primary N) is 1. The van der Waals surface area contributed by atoms with Gasteiger partial charge in [-0.25, -0.2) is 0 Å². The van der Waals surface area contributed by atoms with Gasteiger partial charge >= 0.3 is 0 Å². The van der Waals surface area contributed by atoms with E-state index in [0.717, 1.165) is 13.1 Å². The zero-order valence-corrected chi connectivity index (χ0v) is 7.90. The summed E-state index contributed by atoms with van der Waals surface area (Å²) < 4.78 is 2.30. The average molecular weight is 187 g/mol. The number of aromatic nitrogens is 1. The Kier molecular flexibility index (Phi) is 1.63. The van der Waals surface area contributed by atoms with Gasteiger partial charge in [-0.05, 0) is 17.5 Å². The van der Waals surface area contributed by atoms with Crippen LogP contribution in [0.3, 0.4) is 0 Å². The fourth-order valence-corrected chi connectivity index (χ4v) is 2.18. The lowest BCUT2D eigenvalue weighted by atomic mass is 10.2. The molecule has 0 aliphatic carbocycles. The van der Waals surface area contributed by atoms with Crippen molar-refractivity contribution in [3.63, 3.8) is 0 Å². The third-order valence-corrected chi connectivity index (χ3v) is 2.86. The second kappa shape index (κ2) is 2.83. The van der Waals surface area contributed by atoms with E-state index >= 15 is 0 Å². The van der Waals surface area contributed by atoms with E-state index in [0.29, 0.717) is 0 Å². The third-order valence-electron chi connectivity index (χ3n) is 2.86. The van der Waals surface area contributed by atoms with Crippen molar-refractivity contribution in [1.29, 1.82) is 0 Å². The summed E-state index contributed by atoms with van der Waals surface area (Å²) in [4.78, 5) is 0. The molecule has 3 nitrogen and oxygen atoms in total. The Labute approximate surface area is 82.5 Å². The minimum Gasteiger partial charge on any atom is -0.341 e. The molecule has 0 fully saturated rings. The maximum Gasteiger partial charge on any atom is 0.0965 e. The zero-order valence-electron chi connectivity index (χ0n) is 7.90. The molecule has 1 aliphatic heterocycles. The van der Waals surface area contributed by atoms with Crippen molar-refractivity contribution >= 4 is 10.9 Å². The van der Waals surface area contributed by atoms with Crippen molar-refractivity contribution in [2.45, 2.75) is 12.7 Å². The van der Waals surface area contributed by atoms with E-state index in [9.17, 15) is 0 Å². The maximum atomic E-state index is 5.98. The second-order valence-corrected chi connectivity index (χ2v) is 3.71. The van der Waals surface area contributed by atoms with Gasteiger partial charge in [-0.1, -0.05) is 18.2 Å². The Morgan fingerprint density at radius 2 is 2.21 bits per heavy atom. The first-order valence-corrected chi connectivity index (χ1v) is 4.93. The SMILES string of the molecule is NC1NCCn2c1cc1ccccc12. The lowest BCUT2D eigenvalue weighted by Gasteiger charge is -2.23. The largest absolute Gasteiger partial charge is 0.341 e. The van der Waals surface area contributed by atoms with Crippen molar-refractivity contribution in [3.05, 3.63) is 36.0 Å². The minimum atomic E-state index is -0.0175. The minimum absolute atomic E-state index is 0.0175. The molecular weight excluding hydrogens is 174 g/mol. The van der Waals surface area contributed by atoms with E-state index in [1.165, 1.54) is 16.6 Å². The van der Waals surface area contributed by atoms with Crippen LogP contribution in [0.1, 0.15) is 11.9 Å². The molecule has 3 N–H and O–H groups in total. The monoisotopic (exact) mass is 187 g/mol. The van der Waals surface area contributed by atoms with E-state index in [2.05, 4.69) is 40.2 Å². The number of hydrogen-bond acceptors (Lipinski definition) is 2. The molecule has 1 aliphatic rings. The number of para-hydroxylation sites is 1. The number of hydrogen-bond donors (Lipinski definition) is 2. The van der Waals surface area contributed by atoms with E-state index in [1.807, 2.05) is 0 Å². The highest BCUT2D eigenvalue weighted by molar-refractivity contribution is 5.81. The topological polar surface area (TPSA) is 43.0 Å². The second-order valence-electron chi connectivity index (χ2n) is 3.71. The highest BCUT2D eigenvalue weighted by Crippen LogP contribution is 2.24. The predicted molar refractivity (Wildman–Crippen MR) is 56.9 cm³/mol. The summed E-state index contributed by atoms with van der Waals surface area (Å²) in [6, 6.07) is 10.6. The van der Waals surface area contributed by atoms with Crippen LogP contribution in [0.15, 0.2) is 30.3 Å². The number of benzene rings is 1. The summed E-state index contributed by atoms with van der Waals surface area (Å²) in [5.74, 6) is 0. The standard InChI is InChI=1S/C11H13N3/c12-11-10-7-8-3-1-2-4-9(8)14(10)6-5-13-11/h1-4,7,11,13H,5-6,12H2. The molecule has 3 heteroatoms. The van der Waals surface area contributed by atoms with Crippen LogP contribution >= 0.6 is 0 Å². The fraction of sp³-hybridized carbons (Fsp3) is 0.273. The first kappa shape index (κ1) is 8.03. The van der Waals surface area contributed by atoms with Crippen LogP contribution in [0.2, 0.25) is 0 Å². The fourth-order valence-electron chi connectivity index (χ4n) is 2.18. The van der Waals surface area contributed by atoms with Crippen LogP contribution < -0.4 is 11.1 Å². The molecule has 0 saturated carbocycles. The Morgan fingerprint density at radius 3 is 3.14 bits per heavy atom.